The van der Waals surface area contributed by atoms with Crippen LogP contribution < -0.4 is 14.8 Å². The lowest BCUT2D eigenvalue weighted by Gasteiger charge is -2.08. The van der Waals surface area contributed by atoms with E-state index in [0.717, 1.165) is 17.7 Å². The highest BCUT2D eigenvalue weighted by molar-refractivity contribution is 7.99. The van der Waals surface area contributed by atoms with Crippen LogP contribution in [-0.4, -0.2) is 28.7 Å². The summed E-state index contributed by atoms with van der Waals surface area (Å²) in [5.74, 6) is 1.01. The number of carbonyl (C=O) groups excluding carboxylic acids is 1. The van der Waals surface area contributed by atoms with Crippen molar-refractivity contribution in [1.29, 1.82) is 0 Å². The second kappa shape index (κ2) is 8.23. The maximum atomic E-state index is 12.6. The molecule has 30 heavy (non-hydrogen) atoms. The molecular weight excluding hydrogens is 419 g/mol. The number of alkyl halides is 3. The predicted octanol–water partition coefficient (Wildman–Crippen LogP) is 4.62. The van der Waals surface area contributed by atoms with Crippen LogP contribution in [0.2, 0.25) is 0 Å². The summed E-state index contributed by atoms with van der Waals surface area (Å²) in [6.07, 6.45) is -4.41. The summed E-state index contributed by atoms with van der Waals surface area (Å²) in [6, 6.07) is 13.2. The minimum Gasteiger partial charge on any atom is -0.454 e. The molecule has 0 saturated heterocycles. The van der Waals surface area contributed by atoms with Crippen molar-refractivity contribution in [2.24, 2.45) is 0 Å². The molecule has 10 heteroatoms. The number of rotatable bonds is 5. The Morgan fingerprint density at radius 2 is 1.77 bits per heavy atom. The number of ether oxygens (including phenoxy) is 2. The average molecular weight is 433 g/mol. The van der Waals surface area contributed by atoms with E-state index in [0.29, 0.717) is 22.2 Å². The molecular formula is C20H14F3N3O3S. The number of nitrogens with one attached hydrogen (secondary N) is 1. The molecule has 1 aliphatic rings. The van der Waals surface area contributed by atoms with Gasteiger partial charge in [-0.15, -0.1) is 10.2 Å². The monoisotopic (exact) mass is 433 g/mol. The largest absolute Gasteiger partial charge is 0.454 e. The molecule has 4 rings (SSSR count). The molecule has 1 N–H and O–H groups in total. The van der Waals surface area contributed by atoms with Crippen molar-refractivity contribution in [2.75, 3.05) is 17.9 Å². The van der Waals surface area contributed by atoms with Gasteiger partial charge in [-0.25, -0.2) is 0 Å². The number of hydrogen-bond acceptors (Lipinski definition) is 6. The van der Waals surface area contributed by atoms with E-state index in [4.69, 9.17) is 9.47 Å². The van der Waals surface area contributed by atoms with Crippen molar-refractivity contribution in [3.05, 3.63) is 60.2 Å². The van der Waals surface area contributed by atoms with Crippen LogP contribution in [0.1, 0.15) is 5.56 Å². The lowest BCUT2D eigenvalue weighted by atomic mass is 10.1. The molecule has 1 amide bonds. The molecule has 154 valence electrons. The maximum absolute atomic E-state index is 12.6. The van der Waals surface area contributed by atoms with Gasteiger partial charge in [-0.1, -0.05) is 11.8 Å². The summed E-state index contributed by atoms with van der Waals surface area (Å²) in [4.78, 5) is 12.0. The van der Waals surface area contributed by atoms with Gasteiger partial charge < -0.3 is 14.8 Å². The number of benzene rings is 2. The van der Waals surface area contributed by atoms with Gasteiger partial charge >= 0.3 is 6.18 Å². The van der Waals surface area contributed by atoms with Crippen molar-refractivity contribution in [3.63, 3.8) is 0 Å². The Hall–Kier alpha value is -3.27. The number of anilines is 1. The molecule has 0 unspecified atom stereocenters. The summed E-state index contributed by atoms with van der Waals surface area (Å²) in [5, 5.41) is 11.4. The Morgan fingerprint density at radius 3 is 2.47 bits per heavy atom. The standard InChI is InChI=1S/C20H14F3N3O3S/c21-20(22,23)13-2-4-14(5-3-13)24-18(27)10-30-19-8-6-15(25-26-19)12-1-7-16-17(9-12)29-11-28-16/h1-9H,10-11H2,(H,24,27). The fourth-order valence-electron chi connectivity index (χ4n) is 2.69. The third-order valence-electron chi connectivity index (χ3n) is 4.16. The molecule has 1 aliphatic heterocycles. The second-order valence-electron chi connectivity index (χ2n) is 6.24. The van der Waals surface area contributed by atoms with Crippen LogP contribution in [0, 0.1) is 0 Å². The van der Waals surface area contributed by atoms with Crippen LogP contribution in [-0.2, 0) is 11.0 Å². The van der Waals surface area contributed by atoms with Gasteiger partial charge in [0.2, 0.25) is 12.7 Å². The molecule has 0 spiro atoms. The Labute approximate surface area is 173 Å². The predicted molar refractivity (Wildman–Crippen MR) is 104 cm³/mol. The number of aromatic nitrogens is 2. The van der Waals surface area contributed by atoms with E-state index in [1.54, 1.807) is 18.2 Å². The van der Waals surface area contributed by atoms with E-state index in [1.807, 2.05) is 12.1 Å². The Balaban J connectivity index is 1.32. The number of amides is 1. The average Bonchev–Trinajstić information content (AvgIpc) is 3.20. The van der Waals surface area contributed by atoms with Crippen molar-refractivity contribution < 1.29 is 27.4 Å². The molecule has 0 atom stereocenters. The van der Waals surface area contributed by atoms with Gasteiger partial charge in [-0.2, -0.15) is 13.2 Å². The summed E-state index contributed by atoms with van der Waals surface area (Å²) in [6.45, 7) is 0.189. The molecule has 0 radical (unpaired) electrons. The number of halogens is 3. The van der Waals surface area contributed by atoms with E-state index < -0.39 is 11.7 Å². The van der Waals surface area contributed by atoms with Crippen LogP contribution in [0.3, 0.4) is 0 Å². The fourth-order valence-corrected chi connectivity index (χ4v) is 3.30. The number of thioether (sulfide) groups is 1. The number of carbonyl (C=O) groups is 1. The summed E-state index contributed by atoms with van der Waals surface area (Å²) in [7, 11) is 0. The Morgan fingerprint density at radius 1 is 1.00 bits per heavy atom. The summed E-state index contributed by atoms with van der Waals surface area (Å²) >= 11 is 1.17. The van der Waals surface area contributed by atoms with Crippen molar-refractivity contribution in [3.8, 4) is 22.8 Å². The fraction of sp³-hybridized carbons (Fsp3) is 0.150. The summed E-state index contributed by atoms with van der Waals surface area (Å²) < 4.78 is 48.3. The highest BCUT2D eigenvalue weighted by Gasteiger charge is 2.30. The first kappa shape index (κ1) is 20.0. The van der Waals surface area contributed by atoms with Crippen LogP contribution in [0.4, 0.5) is 18.9 Å². The number of fused-ring (bicyclic) bond motifs is 1. The molecule has 1 aromatic heterocycles. The summed E-state index contributed by atoms with van der Waals surface area (Å²) in [5.41, 5.74) is 0.987. The molecule has 0 fully saturated rings. The molecule has 3 aromatic rings. The first-order valence-electron chi connectivity index (χ1n) is 8.72. The van der Waals surface area contributed by atoms with E-state index in [-0.39, 0.29) is 24.1 Å². The first-order chi connectivity index (χ1) is 14.4. The van der Waals surface area contributed by atoms with Gasteiger partial charge in [0, 0.05) is 11.3 Å². The molecule has 0 saturated carbocycles. The van der Waals surface area contributed by atoms with E-state index in [9.17, 15) is 18.0 Å². The Bertz CT molecular complexity index is 1060. The SMILES string of the molecule is O=C(CSc1ccc(-c2ccc3c(c2)OCO3)nn1)Nc1ccc(C(F)(F)F)cc1. The van der Waals surface area contributed by atoms with E-state index >= 15 is 0 Å². The van der Waals surface area contributed by atoms with Gasteiger partial charge in [0.05, 0.1) is 17.0 Å². The third-order valence-corrected chi connectivity index (χ3v) is 5.08. The lowest BCUT2D eigenvalue weighted by molar-refractivity contribution is -0.137. The molecule has 0 aliphatic carbocycles. The van der Waals surface area contributed by atoms with Crippen LogP contribution in [0.5, 0.6) is 11.5 Å². The maximum Gasteiger partial charge on any atom is 0.416 e. The van der Waals surface area contributed by atoms with Crippen molar-refractivity contribution in [2.45, 2.75) is 11.2 Å². The third kappa shape index (κ3) is 4.65. The quantitative estimate of drug-likeness (QED) is 0.592. The van der Waals surface area contributed by atoms with Gasteiger partial charge in [0.15, 0.2) is 11.5 Å². The minimum absolute atomic E-state index is 0.0407. The van der Waals surface area contributed by atoms with Gasteiger partial charge in [0.25, 0.3) is 0 Å². The van der Waals surface area contributed by atoms with E-state index in [2.05, 4.69) is 15.5 Å². The zero-order chi connectivity index (χ0) is 21.1. The van der Waals surface area contributed by atoms with E-state index in [1.165, 1.54) is 23.9 Å². The van der Waals surface area contributed by atoms with Gasteiger partial charge in [-0.3, -0.25) is 4.79 Å². The molecule has 2 heterocycles. The molecule has 0 bridgehead atoms. The van der Waals surface area contributed by atoms with Crippen LogP contribution in [0.15, 0.2) is 59.6 Å². The van der Waals surface area contributed by atoms with Crippen LogP contribution >= 0.6 is 11.8 Å². The zero-order valence-electron chi connectivity index (χ0n) is 15.3. The minimum atomic E-state index is -4.41. The van der Waals surface area contributed by atoms with Crippen molar-refractivity contribution >= 4 is 23.4 Å². The zero-order valence-corrected chi connectivity index (χ0v) is 16.1. The van der Waals surface area contributed by atoms with Crippen molar-refractivity contribution in [1.82, 2.24) is 10.2 Å². The molecule has 6 nitrogen and oxygen atoms in total. The second-order valence-corrected chi connectivity index (χ2v) is 7.23. The Kier molecular flexibility index (Phi) is 5.49. The van der Waals surface area contributed by atoms with Gasteiger partial charge in [0.1, 0.15) is 5.03 Å². The normalized spacial score (nSPS) is 12.6. The highest BCUT2D eigenvalue weighted by atomic mass is 32.2. The number of hydrogen-bond donors (Lipinski definition) is 1. The lowest BCUT2D eigenvalue weighted by Crippen LogP contribution is -2.14. The highest BCUT2D eigenvalue weighted by Crippen LogP contribution is 2.35. The topological polar surface area (TPSA) is 73.3 Å². The van der Waals surface area contributed by atoms with Gasteiger partial charge in [-0.05, 0) is 54.6 Å². The number of nitrogens with zero attached hydrogens (tertiary/aromatic N) is 2. The van der Waals surface area contributed by atoms with Crippen LogP contribution in [0.25, 0.3) is 11.3 Å². The molecule has 2 aromatic carbocycles. The first-order valence-corrected chi connectivity index (χ1v) is 9.71. The smallest absolute Gasteiger partial charge is 0.416 e.